The molecule has 118 valence electrons. The summed E-state index contributed by atoms with van der Waals surface area (Å²) >= 11 is 11.2. The van der Waals surface area contributed by atoms with Crippen LogP contribution < -0.4 is 10.7 Å². The number of halogens is 1. The van der Waals surface area contributed by atoms with Gasteiger partial charge in [0.05, 0.1) is 16.7 Å². The number of rotatable bonds is 4. The van der Waals surface area contributed by atoms with Crippen LogP contribution in [-0.4, -0.2) is 16.3 Å². The Morgan fingerprint density at radius 1 is 1.30 bits per heavy atom. The van der Waals surface area contributed by atoms with Gasteiger partial charge in [-0.3, -0.25) is 15.5 Å². The molecule has 0 saturated carbocycles. The van der Waals surface area contributed by atoms with Crippen LogP contribution in [0.1, 0.15) is 11.1 Å². The van der Waals surface area contributed by atoms with Crippen molar-refractivity contribution in [3.63, 3.8) is 0 Å². The third-order valence-corrected chi connectivity index (χ3v) is 3.62. The molecule has 0 aliphatic heterocycles. The van der Waals surface area contributed by atoms with E-state index in [2.05, 4.69) is 15.8 Å². The smallest absolute Gasteiger partial charge is 0.278 e. The van der Waals surface area contributed by atoms with E-state index in [1.54, 1.807) is 30.3 Å². The largest absolute Gasteiger partial charge is 0.331 e. The minimum Gasteiger partial charge on any atom is -0.331 e. The van der Waals surface area contributed by atoms with E-state index in [9.17, 15) is 10.1 Å². The zero-order valence-corrected chi connectivity index (χ0v) is 13.7. The van der Waals surface area contributed by atoms with Gasteiger partial charge in [-0.25, -0.2) is 0 Å². The number of benzene rings is 2. The van der Waals surface area contributed by atoms with E-state index >= 15 is 0 Å². The van der Waals surface area contributed by atoms with Crippen molar-refractivity contribution in [2.45, 2.75) is 6.92 Å². The average molecular weight is 349 g/mol. The average Bonchev–Trinajstić information content (AvgIpc) is 2.52. The van der Waals surface area contributed by atoms with E-state index in [4.69, 9.17) is 23.8 Å². The molecule has 23 heavy (non-hydrogen) atoms. The maximum absolute atomic E-state index is 10.9. The van der Waals surface area contributed by atoms with Crippen LogP contribution in [-0.2, 0) is 0 Å². The van der Waals surface area contributed by atoms with Crippen molar-refractivity contribution >= 4 is 46.5 Å². The van der Waals surface area contributed by atoms with Gasteiger partial charge >= 0.3 is 0 Å². The minimum atomic E-state index is -0.465. The molecule has 2 N–H and O–H groups in total. The van der Waals surface area contributed by atoms with Gasteiger partial charge in [-0.1, -0.05) is 29.8 Å². The molecule has 0 atom stereocenters. The molecule has 0 fully saturated rings. The highest BCUT2D eigenvalue weighted by atomic mass is 35.5. The molecule has 0 bridgehead atoms. The number of hydrogen-bond acceptors (Lipinski definition) is 4. The molecule has 0 amide bonds. The van der Waals surface area contributed by atoms with Crippen molar-refractivity contribution in [1.82, 2.24) is 5.43 Å². The van der Waals surface area contributed by atoms with Crippen molar-refractivity contribution in [2.24, 2.45) is 5.10 Å². The van der Waals surface area contributed by atoms with Gasteiger partial charge in [0.2, 0.25) is 0 Å². The predicted octanol–water partition coefficient (Wildman–Crippen LogP) is 3.88. The van der Waals surface area contributed by atoms with Crippen molar-refractivity contribution in [3.8, 4) is 0 Å². The predicted molar refractivity (Wildman–Crippen MR) is 96.2 cm³/mol. The number of hydrazone groups is 1. The highest BCUT2D eigenvalue weighted by Gasteiger charge is 2.10. The zero-order valence-electron chi connectivity index (χ0n) is 12.1. The first-order valence-electron chi connectivity index (χ1n) is 6.57. The monoisotopic (exact) mass is 348 g/mol. The molecule has 2 aromatic rings. The van der Waals surface area contributed by atoms with Gasteiger partial charge in [0.25, 0.3) is 5.69 Å². The normalized spacial score (nSPS) is 10.5. The van der Waals surface area contributed by atoms with E-state index in [0.29, 0.717) is 10.6 Å². The van der Waals surface area contributed by atoms with Crippen LogP contribution in [0, 0.1) is 17.0 Å². The molecule has 0 radical (unpaired) electrons. The molecular formula is C15H13ClN4O2S. The molecule has 0 spiro atoms. The first kappa shape index (κ1) is 16.9. The van der Waals surface area contributed by atoms with Gasteiger partial charge in [0.1, 0.15) is 0 Å². The number of anilines is 1. The minimum absolute atomic E-state index is 0.0254. The quantitative estimate of drug-likeness (QED) is 0.379. The number of hydrogen-bond donors (Lipinski definition) is 2. The summed E-state index contributed by atoms with van der Waals surface area (Å²) in [5.41, 5.74) is 4.59. The third-order valence-electron chi connectivity index (χ3n) is 3.02. The number of nitro benzene ring substituents is 1. The fourth-order valence-corrected chi connectivity index (χ4v) is 2.15. The molecule has 0 heterocycles. The first-order valence-corrected chi connectivity index (χ1v) is 7.36. The molecular weight excluding hydrogens is 336 g/mol. The Labute approximate surface area is 143 Å². The van der Waals surface area contributed by atoms with Crippen molar-refractivity contribution in [1.29, 1.82) is 0 Å². The van der Waals surface area contributed by atoms with E-state index < -0.39 is 4.92 Å². The van der Waals surface area contributed by atoms with Crippen LogP contribution in [0.2, 0.25) is 5.02 Å². The van der Waals surface area contributed by atoms with Crippen LogP contribution >= 0.6 is 23.8 Å². The van der Waals surface area contributed by atoms with E-state index in [1.165, 1.54) is 12.3 Å². The molecule has 6 nitrogen and oxygen atoms in total. The zero-order chi connectivity index (χ0) is 16.8. The summed E-state index contributed by atoms with van der Waals surface area (Å²) in [4.78, 5) is 10.4. The Kier molecular flexibility index (Phi) is 5.61. The Hall–Kier alpha value is -2.51. The maximum Gasteiger partial charge on any atom is 0.278 e. The molecule has 0 aliphatic rings. The standard InChI is InChI=1S/C15H13ClN4O2S/c1-10-12(16)6-4-7-13(10)18-15(23)19-17-9-11-5-2-3-8-14(11)20(21)22/h2-9H,1H3,(H2,18,19,23)/b17-9+. The third kappa shape index (κ3) is 4.48. The fourth-order valence-electron chi connectivity index (χ4n) is 1.82. The van der Waals surface area contributed by atoms with Gasteiger partial charge < -0.3 is 5.32 Å². The fraction of sp³-hybridized carbons (Fsp3) is 0.0667. The molecule has 0 unspecified atom stereocenters. The first-order chi connectivity index (χ1) is 11.0. The van der Waals surface area contributed by atoms with Crippen LogP contribution in [0.25, 0.3) is 0 Å². The van der Waals surface area contributed by atoms with Crippen LogP contribution in [0.15, 0.2) is 47.6 Å². The molecule has 0 saturated heterocycles. The van der Waals surface area contributed by atoms with Gasteiger partial charge in [-0.15, -0.1) is 0 Å². The highest BCUT2D eigenvalue weighted by molar-refractivity contribution is 7.80. The van der Waals surface area contributed by atoms with Gasteiger partial charge in [0.15, 0.2) is 5.11 Å². The second-order valence-electron chi connectivity index (χ2n) is 4.55. The molecule has 2 aromatic carbocycles. The molecule has 2 rings (SSSR count). The van der Waals surface area contributed by atoms with E-state index in [1.807, 2.05) is 13.0 Å². The Morgan fingerprint density at radius 3 is 2.78 bits per heavy atom. The van der Waals surface area contributed by atoms with Crippen molar-refractivity contribution in [2.75, 3.05) is 5.32 Å². The Morgan fingerprint density at radius 2 is 2.04 bits per heavy atom. The summed E-state index contributed by atoms with van der Waals surface area (Å²) in [5.74, 6) is 0. The summed E-state index contributed by atoms with van der Waals surface area (Å²) < 4.78 is 0. The molecule has 0 aromatic heterocycles. The Bertz CT molecular complexity index is 780. The summed E-state index contributed by atoms with van der Waals surface area (Å²) in [7, 11) is 0. The van der Waals surface area contributed by atoms with Gasteiger partial charge in [0, 0.05) is 16.8 Å². The number of nitro groups is 1. The summed E-state index contributed by atoms with van der Waals surface area (Å²) in [6.07, 6.45) is 1.34. The maximum atomic E-state index is 10.9. The summed E-state index contributed by atoms with van der Waals surface area (Å²) in [5, 5.41) is 18.7. The van der Waals surface area contributed by atoms with E-state index in [-0.39, 0.29) is 10.8 Å². The highest BCUT2D eigenvalue weighted by Crippen LogP contribution is 2.22. The lowest BCUT2D eigenvalue weighted by Crippen LogP contribution is -2.24. The van der Waals surface area contributed by atoms with E-state index in [0.717, 1.165) is 11.3 Å². The summed E-state index contributed by atoms with van der Waals surface area (Å²) in [6, 6.07) is 11.7. The van der Waals surface area contributed by atoms with Crippen LogP contribution in [0.4, 0.5) is 11.4 Å². The SMILES string of the molecule is Cc1c(Cl)cccc1NC(=S)N/N=C/c1ccccc1[N+](=O)[O-]. The number of nitrogens with one attached hydrogen (secondary N) is 2. The second kappa shape index (κ2) is 7.66. The number of thiocarbonyl (C=S) groups is 1. The molecule has 8 heteroatoms. The van der Waals surface area contributed by atoms with Gasteiger partial charge in [-0.2, -0.15) is 5.10 Å². The Balaban J connectivity index is 2.02. The lowest BCUT2D eigenvalue weighted by Gasteiger charge is -2.10. The summed E-state index contributed by atoms with van der Waals surface area (Å²) in [6.45, 7) is 1.86. The lowest BCUT2D eigenvalue weighted by molar-refractivity contribution is -0.385. The number of nitrogens with zero attached hydrogens (tertiary/aromatic N) is 2. The van der Waals surface area contributed by atoms with Crippen molar-refractivity contribution < 1.29 is 4.92 Å². The van der Waals surface area contributed by atoms with Crippen LogP contribution in [0.5, 0.6) is 0 Å². The van der Waals surface area contributed by atoms with Crippen LogP contribution in [0.3, 0.4) is 0 Å². The second-order valence-corrected chi connectivity index (χ2v) is 5.37. The molecule has 0 aliphatic carbocycles. The topological polar surface area (TPSA) is 79.6 Å². The van der Waals surface area contributed by atoms with Crippen molar-refractivity contribution in [3.05, 3.63) is 68.7 Å². The lowest BCUT2D eigenvalue weighted by atomic mass is 10.2. The van der Waals surface area contributed by atoms with Gasteiger partial charge in [-0.05, 0) is 42.9 Å². The number of para-hydroxylation sites is 1.